The number of amides is 1. The van der Waals surface area contributed by atoms with E-state index < -0.39 is 11.9 Å². The zero-order chi connectivity index (χ0) is 13.0. The Kier molecular flexibility index (Phi) is 3.94. The molecule has 1 fully saturated rings. The van der Waals surface area contributed by atoms with Gasteiger partial charge in [0, 0.05) is 13.1 Å². The van der Waals surface area contributed by atoms with Crippen LogP contribution in [-0.2, 0) is 20.9 Å². The molecule has 1 heterocycles. The number of carbonyl (C=O) groups excluding carboxylic acids is 1. The number of hydrogen-bond donors (Lipinski definition) is 1. The van der Waals surface area contributed by atoms with Gasteiger partial charge < -0.3 is 14.7 Å². The standard InChI is InChI=1S/C13H15NO4/c15-12(14-6-11(7-14)13(16)17)9-18-8-10-4-2-1-3-5-10/h1-5,11H,6-9H2,(H,16,17). The van der Waals surface area contributed by atoms with E-state index >= 15 is 0 Å². The van der Waals surface area contributed by atoms with Crippen molar-refractivity contribution in [2.24, 2.45) is 5.92 Å². The fourth-order valence-electron chi connectivity index (χ4n) is 1.76. The van der Waals surface area contributed by atoms with Crippen molar-refractivity contribution in [2.75, 3.05) is 19.7 Å². The van der Waals surface area contributed by atoms with Crippen molar-refractivity contribution in [1.29, 1.82) is 0 Å². The quantitative estimate of drug-likeness (QED) is 0.836. The maximum absolute atomic E-state index is 11.6. The summed E-state index contributed by atoms with van der Waals surface area (Å²) >= 11 is 0. The van der Waals surface area contributed by atoms with E-state index in [4.69, 9.17) is 9.84 Å². The second kappa shape index (κ2) is 5.64. The smallest absolute Gasteiger partial charge is 0.310 e. The van der Waals surface area contributed by atoms with Crippen molar-refractivity contribution in [3.63, 3.8) is 0 Å². The SMILES string of the molecule is O=C(O)C1CN(C(=O)COCc2ccccc2)C1. The third kappa shape index (κ3) is 3.07. The normalized spacial score (nSPS) is 15.2. The molecule has 0 spiro atoms. The molecule has 0 aromatic heterocycles. The monoisotopic (exact) mass is 249 g/mol. The molecular formula is C13H15NO4. The highest BCUT2D eigenvalue weighted by molar-refractivity contribution is 5.81. The number of carboxylic acids is 1. The Morgan fingerprint density at radius 3 is 2.56 bits per heavy atom. The van der Waals surface area contributed by atoms with Crippen LogP contribution in [0.2, 0.25) is 0 Å². The summed E-state index contributed by atoms with van der Waals surface area (Å²) in [5.41, 5.74) is 1.01. The molecule has 5 heteroatoms. The van der Waals surface area contributed by atoms with Gasteiger partial charge in [-0.05, 0) is 5.56 Å². The lowest BCUT2D eigenvalue weighted by atomic mass is 10.0. The molecule has 0 radical (unpaired) electrons. The molecule has 0 unspecified atom stereocenters. The van der Waals surface area contributed by atoms with Gasteiger partial charge in [0.25, 0.3) is 0 Å². The van der Waals surface area contributed by atoms with Gasteiger partial charge >= 0.3 is 5.97 Å². The Labute approximate surface area is 105 Å². The van der Waals surface area contributed by atoms with Gasteiger partial charge in [0.15, 0.2) is 0 Å². The molecule has 1 N–H and O–H groups in total. The molecule has 96 valence electrons. The van der Waals surface area contributed by atoms with Crippen LogP contribution in [0.5, 0.6) is 0 Å². The van der Waals surface area contributed by atoms with E-state index in [-0.39, 0.29) is 12.5 Å². The van der Waals surface area contributed by atoms with Crippen LogP contribution in [0.4, 0.5) is 0 Å². The number of rotatable bonds is 5. The van der Waals surface area contributed by atoms with Gasteiger partial charge in [-0.25, -0.2) is 0 Å². The lowest BCUT2D eigenvalue weighted by Gasteiger charge is -2.36. The average Bonchev–Trinajstić information content (AvgIpc) is 2.28. The first kappa shape index (κ1) is 12.6. The van der Waals surface area contributed by atoms with Crippen molar-refractivity contribution >= 4 is 11.9 Å². The maximum atomic E-state index is 11.6. The van der Waals surface area contributed by atoms with Crippen LogP contribution in [0.1, 0.15) is 5.56 Å². The van der Waals surface area contributed by atoms with E-state index in [0.717, 1.165) is 5.56 Å². The minimum atomic E-state index is -0.843. The summed E-state index contributed by atoms with van der Waals surface area (Å²) in [7, 11) is 0. The van der Waals surface area contributed by atoms with Crippen LogP contribution in [0, 0.1) is 5.92 Å². The summed E-state index contributed by atoms with van der Waals surface area (Å²) in [5.74, 6) is -1.41. The van der Waals surface area contributed by atoms with Crippen LogP contribution in [0.25, 0.3) is 0 Å². The Morgan fingerprint density at radius 2 is 1.94 bits per heavy atom. The first-order valence-electron chi connectivity index (χ1n) is 5.79. The number of nitrogens with zero attached hydrogens (tertiary/aromatic N) is 1. The molecule has 1 aromatic rings. The van der Waals surface area contributed by atoms with E-state index in [2.05, 4.69) is 0 Å². The minimum absolute atomic E-state index is 0.00122. The highest BCUT2D eigenvalue weighted by Crippen LogP contribution is 2.15. The zero-order valence-corrected chi connectivity index (χ0v) is 9.91. The Hall–Kier alpha value is -1.88. The molecule has 1 aromatic carbocycles. The lowest BCUT2D eigenvalue weighted by molar-refractivity contribution is -0.154. The van der Waals surface area contributed by atoms with E-state index in [9.17, 15) is 9.59 Å². The van der Waals surface area contributed by atoms with Gasteiger partial charge in [-0.2, -0.15) is 0 Å². The summed E-state index contributed by atoms with van der Waals surface area (Å²) < 4.78 is 5.30. The van der Waals surface area contributed by atoms with Crippen LogP contribution in [-0.4, -0.2) is 41.6 Å². The molecule has 18 heavy (non-hydrogen) atoms. The van der Waals surface area contributed by atoms with Gasteiger partial charge in [0.05, 0.1) is 12.5 Å². The summed E-state index contributed by atoms with van der Waals surface area (Å²) in [6, 6.07) is 9.59. The minimum Gasteiger partial charge on any atom is -0.481 e. The van der Waals surface area contributed by atoms with Crippen LogP contribution >= 0.6 is 0 Å². The predicted molar refractivity (Wildman–Crippen MR) is 63.8 cm³/mol. The number of aliphatic carboxylic acids is 1. The summed E-state index contributed by atoms with van der Waals surface area (Å²) in [5, 5.41) is 8.69. The number of carbonyl (C=O) groups is 2. The van der Waals surface area contributed by atoms with Crippen LogP contribution in [0.3, 0.4) is 0 Å². The lowest BCUT2D eigenvalue weighted by Crippen LogP contribution is -2.54. The van der Waals surface area contributed by atoms with E-state index in [0.29, 0.717) is 19.7 Å². The first-order chi connectivity index (χ1) is 8.66. The van der Waals surface area contributed by atoms with Crippen molar-refractivity contribution in [2.45, 2.75) is 6.61 Å². The third-order valence-electron chi connectivity index (χ3n) is 2.92. The zero-order valence-electron chi connectivity index (χ0n) is 9.91. The highest BCUT2D eigenvalue weighted by Gasteiger charge is 2.35. The molecule has 1 aliphatic heterocycles. The van der Waals surface area contributed by atoms with Crippen molar-refractivity contribution in [3.05, 3.63) is 35.9 Å². The molecule has 0 aliphatic carbocycles. The fraction of sp³-hybridized carbons (Fsp3) is 0.385. The number of ether oxygens (including phenoxy) is 1. The molecular weight excluding hydrogens is 234 g/mol. The molecule has 0 atom stereocenters. The van der Waals surface area contributed by atoms with E-state index in [1.807, 2.05) is 30.3 Å². The van der Waals surface area contributed by atoms with Gasteiger partial charge in [-0.1, -0.05) is 30.3 Å². The largest absolute Gasteiger partial charge is 0.481 e. The van der Waals surface area contributed by atoms with Crippen molar-refractivity contribution in [1.82, 2.24) is 4.90 Å². The van der Waals surface area contributed by atoms with Crippen LogP contribution < -0.4 is 0 Å². The number of hydrogen-bond acceptors (Lipinski definition) is 3. The van der Waals surface area contributed by atoms with Crippen molar-refractivity contribution in [3.8, 4) is 0 Å². The van der Waals surface area contributed by atoms with Gasteiger partial charge in [-0.15, -0.1) is 0 Å². The van der Waals surface area contributed by atoms with Gasteiger partial charge in [0.2, 0.25) is 5.91 Å². The van der Waals surface area contributed by atoms with E-state index in [1.165, 1.54) is 4.90 Å². The topological polar surface area (TPSA) is 66.8 Å². The summed E-state index contributed by atoms with van der Waals surface area (Å²) in [4.78, 5) is 23.7. The highest BCUT2D eigenvalue weighted by atomic mass is 16.5. The van der Waals surface area contributed by atoms with Crippen molar-refractivity contribution < 1.29 is 19.4 Å². The van der Waals surface area contributed by atoms with Gasteiger partial charge in [0.1, 0.15) is 6.61 Å². The molecule has 1 aliphatic rings. The Bertz CT molecular complexity index is 426. The van der Waals surface area contributed by atoms with Gasteiger partial charge in [-0.3, -0.25) is 9.59 Å². The molecule has 0 saturated carbocycles. The second-order valence-corrected chi connectivity index (χ2v) is 4.31. The number of benzene rings is 1. The molecule has 5 nitrogen and oxygen atoms in total. The fourth-order valence-corrected chi connectivity index (χ4v) is 1.76. The number of carboxylic acid groups (broad SMARTS) is 1. The number of likely N-dealkylation sites (tertiary alicyclic amines) is 1. The molecule has 1 saturated heterocycles. The van der Waals surface area contributed by atoms with E-state index in [1.54, 1.807) is 0 Å². The molecule has 2 rings (SSSR count). The molecule has 0 bridgehead atoms. The first-order valence-corrected chi connectivity index (χ1v) is 5.79. The second-order valence-electron chi connectivity index (χ2n) is 4.31. The maximum Gasteiger partial charge on any atom is 0.310 e. The average molecular weight is 249 g/mol. The Morgan fingerprint density at radius 1 is 1.28 bits per heavy atom. The molecule has 1 amide bonds. The summed E-state index contributed by atoms with van der Waals surface area (Å²) in [6.07, 6.45) is 0. The van der Waals surface area contributed by atoms with Crippen LogP contribution in [0.15, 0.2) is 30.3 Å². The summed E-state index contributed by atoms with van der Waals surface area (Å²) in [6.45, 7) is 0.982. The third-order valence-corrected chi connectivity index (χ3v) is 2.92. The Balaban J connectivity index is 1.66. The predicted octanol–water partition coefficient (Wildman–Crippen LogP) is 0.746.